The summed E-state index contributed by atoms with van der Waals surface area (Å²) in [6, 6.07) is 10.4. The summed E-state index contributed by atoms with van der Waals surface area (Å²) in [5.41, 5.74) is 0.602. The number of aromatic nitrogens is 3. The van der Waals surface area contributed by atoms with E-state index in [1.54, 1.807) is 6.33 Å². The fraction of sp³-hybridized carbons (Fsp3) is 0.550. The minimum atomic E-state index is -0.539. The number of carbonyl (C=O) groups is 1. The average Bonchev–Trinajstić information content (AvgIpc) is 3.14. The van der Waals surface area contributed by atoms with Crippen molar-refractivity contribution in [3.05, 3.63) is 48.0 Å². The van der Waals surface area contributed by atoms with Gasteiger partial charge in [-0.1, -0.05) is 30.3 Å². The van der Waals surface area contributed by atoms with E-state index < -0.39 is 11.5 Å². The van der Waals surface area contributed by atoms with Gasteiger partial charge in [0.1, 0.15) is 12.2 Å². The van der Waals surface area contributed by atoms with E-state index >= 15 is 0 Å². The Morgan fingerprint density at radius 3 is 2.61 bits per heavy atom. The molecule has 8 heteroatoms. The van der Waals surface area contributed by atoms with E-state index in [1.165, 1.54) is 0 Å². The smallest absolute Gasteiger partial charge is 0.290 e. The molecule has 1 fully saturated rings. The summed E-state index contributed by atoms with van der Waals surface area (Å²) in [5, 5.41) is 36.0. The Hall–Kier alpha value is -2.29. The second kappa shape index (κ2) is 10.3. The van der Waals surface area contributed by atoms with Crippen LogP contribution in [-0.2, 0) is 17.8 Å². The predicted molar refractivity (Wildman–Crippen MR) is 105 cm³/mol. The highest BCUT2D eigenvalue weighted by molar-refractivity contribution is 5.32. The molecule has 1 aliphatic rings. The zero-order chi connectivity index (χ0) is 20.6. The lowest BCUT2D eigenvalue weighted by molar-refractivity contribution is -0.122. The van der Waals surface area contributed by atoms with Crippen LogP contribution in [0.5, 0.6) is 0 Å². The molecule has 2 heterocycles. The van der Waals surface area contributed by atoms with Gasteiger partial charge in [0.15, 0.2) is 0 Å². The van der Waals surface area contributed by atoms with E-state index in [0.717, 1.165) is 17.9 Å². The molecule has 0 spiro atoms. The molecule has 0 saturated carbocycles. The molecule has 2 aromatic rings. The molecule has 1 saturated heterocycles. The van der Waals surface area contributed by atoms with Crippen LogP contribution in [0.2, 0.25) is 0 Å². The first-order valence-electron chi connectivity index (χ1n) is 9.47. The summed E-state index contributed by atoms with van der Waals surface area (Å²) in [4.78, 5) is 10.6. The van der Waals surface area contributed by atoms with Gasteiger partial charge in [-0.2, -0.15) is 0 Å². The van der Waals surface area contributed by atoms with E-state index in [4.69, 9.17) is 9.90 Å². The third kappa shape index (κ3) is 5.37. The maximum Gasteiger partial charge on any atom is 0.290 e. The average molecular weight is 390 g/mol. The molecular formula is C20H30N4O4. The highest BCUT2D eigenvalue weighted by Crippen LogP contribution is 2.34. The Labute approximate surface area is 165 Å². The summed E-state index contributed by atoms with van der Waals surface area (Å²) < 4.78 is 2.07. The van der Waals surface area contributed by atoms with Gasteiger partial charge >= 0.3 is 0 Å². The standard InChI is InChI=1S/C19H28N4O2.CH2O2/c1-15(2)23-14-20-21-18(23)11-22-9-8-17(25)19(12-22,13-24)10-16-6-4-3-5-7-16;2-1-3/h3-7,14-15,17,24-25H,8-13H2,1-2H3;1H,(H,2,3)/t17-,19+;/m0./s1. The molecule has 0 amide bonds. The molecule has 1 aliphatic heterocycles. The molecule has 1 aromatic carbocycles. The molecule has 2 atom stereocenters. The number of piperidine rings is 1. The number of benzene rings is 1. The molecule has 0 radical (unpaired) electrons. The van der Waals surface area contributed by atoms with Crippen LogP contribution < -0.4 is 0 Å². The largest absolute Gasteiger partial charge is 0.483 e. The lowest BCUT2D eigenvalue weighted by atomic mass is 9.73. The van der Waals surface area contributed by atoms with Crippen LogP contribution in [0.1, 0.15) is 37.7 Å². The number of carboxylic acid groups (broad SMARTS) is 1. The van der Waals surface area contributed by atoms with Crippen LogP contribution in [0.25, 0.3) is 0 Å². The maximum absolute atomic E-state index is 10.6. The van der Waals surface area contributed by atoms with Gasteiger partial charge in [-0.15, -0.1) is 10.2 Å². The van der Waals surface area contributed by atoms with Gasteiger partial charge < -0.3 is 19.9 Å². The predicted octanol–water partition coefficient (Wildman–Crippen LogP) is 1.35. The van der Waals surface area contributed by atoms with Crippen LogP contribution in [0.3, 0.4) is 0 Å². The molecule has 8 nitrogen and oxygen atoms in total. The summed E-state index contributed by atoms with van der Waals surface area (Å²) in [6.45, 7) is 6.06. The number of likely N-dealkylation sites (tertiary alicyclic amines) is 1. The summed E-state index contributed by atoms with van der Waals surface area (Å²) in [5.74, 6) is 0.929. The van der Waals surface area contributed by atoms with Gasteiger partial charge in [-0.3, -0.25) is 9.69 Å². The number of hydrogen-bond donors (Lipinski definition) is 3. The van der Waals surface area contributed by atoms with Gasteiger partial charge in [0, 0.05) is 24.5 Å². The molecule has 0 aliphatic carbocycles. The molecule has 0 unspecified atom stereocenters. The lowest BCUT2D eigenvalue weighted by Gasteiger charge is -2.45. The molecule has 0 bridgehead atoms. The van der Waals surface area contributed by atoms with E-state index in [2.05, 4.69) is 45.6 Å². The maximum atomic E-state index is 10.6. The molecular weight excluding hydrogens is 360 g/mol. The highest BCUT2D eigenvalue weighted by Gasteiger charge is 2.42. The van der Waals surface area contributed by atoms with Crippen molar-refractivity contribution in [2.75, 3.05) is 19.7 Å². The van der Waals surface area contributed by atoms with Crippen LogP contribution in [0, 0.1) is 5.41 Å². The van der Waals surface area contributed by atoms with Gasteiger partial charge in [0.2, 0.25) is 0 Å². The molecule has 28 heavy (non-hydrogen) atoms. The third-order valence-corrected chi connectivity index (χ3v) is 5.25. The number of hydrogen-bond acceptors (Lipinski definition) is 6. The van der Waals surface area contributed by atoms with E-state index in [9.17, 15) is 10.2 Å². The Bertz CT molecular complexity index is 722. The van der Waals surface area contributed by atoms with Crippen LogP contribution in [0.4, 0.5) is 0 Å². The molecule has 3 N–H and O–H groups in total. The summed E-state index contributed by atoms with van der Waals surface area (Å²) in [6.07, 6.45) is 2.58. The highest BCUT2D eigenvalue weighted by atomic mass is 16.3. The van der Waals surface area contributed by atoms with Gasteiger partial charge in [-0.25, -0.2) is 0 Å². The van der Waals surface area contributed by atoms with E-state index in [1.807, 2.05) is 18.2 Å². The summed E-state index contributed by atoms with van der Waals surface area (Å²) >= 11 is 0. The SMILES string of the molecule is CC(C)n1cnnc1CN1CC[C@H](O)[C@](CO)(Cc2ccccc2)C1.O=CO. The molecule has 1 aromatic heterocycles. The van der Waals surface area contributed by atoms with Crippen molar-refractivity contribution in [3.63, 3.8) is 0 Å². The number of nitrogens with zero attached hydrogens (tertiary/aromatic N) is 4. The minimum Gasteiger partial charge on any atom is -0.483 e. The second-order valence-electron chi connectivity index (χ2n) is 7.55. The Kier molecular flexibility index (Phi) is 8.10. The fourth-order valence-electron chi connectivity index (χ4n) is 3.77. The van der Waals surface area contributed by atoms with Crippen molar-refractivity contribution in [1.29, 1.82) is 0 Å². The first-order chi connectivity index (χ1) is 13.5. The van der Waals surface area contributed by atoms with Crippen molar-refractivity contribution in [3.8, 4) is 0 Å². The second-order valence-corrected chi connectivity index (χ2v) is 7.55. The van der Waals surface area contributed by atoms with Crippen molar-refractivity contribution in [1.82, 2.24) is 19.7 Å². The normalized spacial score (nSPS) is 22.5. The molecule has 154 valence electrons. The monoisotopic (exact) mass is 390 g/mol. The quantitative estimate of drug-likeness (QED) is 0.638. The Balaban J connectivity index is 0.000000878. The summed E-state index contributed by atoms with van der Waals surface area (Å²) in [7, 11) is 0. The van der Waals surface area contributed by atoms with Crippen molar-refractivity contribution < 1.29 is 20.1 Å². The van der Waals surface area contributed by atoms with Crippen LogP contribution >= 0.6 is 0 Å². The van der Waals surface area contributed by atoms with Gasteiger partial charge in [0.05, 0.1) is 19.3 Å². The van der Waals surface area contributed by atoms with Crippen LogP contribution in [0.15, 0.2) is 36.7 Å². The number of aliphatic hydroxyl groups is 2. The van der Waals surface area contributed by atoms with Gasteiger partial charge in [0.25, 0.3) is 6.47 Å². The van der Waals surface area contributed by atoms with E-state index in [-0.39, 0.29) is 13.1 Å². The zero-order valence-corrected chi connectivity index (χ0v) is 16.5. The topological polar surface area (TPSA) is 112 Å². The lowest BCUT2D eigenvalue weighted by Crippen LogP contribution is -2.54. The van der Waals surface area contributed by atoms with Gasteiger partial charge in [-0.05, 0) is 32.3 Å². The first kappa shape index (κ1) is 22.0. The number of aliphatic hydroxyl groups excluding tert-OH is 2. The molecule has 3 rings (SSSR count). The van der Waals surface area contributed by atoms with Crippen molar-refractivity contribution in [2.45, 2.75) is 45.4 Å². The Morgan fingerprint density at radius 2 is 2.00 bits per heavy atom. The minimum absolute atomic E-state index is 0.0313. The van der Waals surface area contributed by atoms with Crippen molar-refractivity contribution in [2.24, 2.45) is 5.41 Å². The zero-order valence-electron chi connectivity index (χ0n) is 16.5. The third-order valence-electron chi connectivity index (χ3n) is 5.25. The van der Waals surface area contributed by atoms with Crippen molar-refractivity contribution >= 4 is 6.47 Å². The Morgan fingerprint density at radius 1 is 1.32 bits per heavy atom. The number of rotatable bonds is 6. The first-order valence-corrected chi connectivity index (χ1v) is 9.47. The van der Waals surface area contributed by atoms with Crippen LogP contribution in [-0.4, -0.2) is 67.3 Å². The fourth-order valence-corrected chi connectivity index (χ4v) is 3.77. The van der Waals surface area contributed by atoms with E-state index in [0.29, 0.717) is 32.0 Å².